The van der Waals surface area contributed by atoms with Crippen molar-refractivity contribution in [3.05, 3.63) is 58.4 Å². The number of nitriles is 1. The summed E-state index contributed by atoms with van der Waals surface area (Å²) in [6.45, 7) is 0.405. The molecule has 2 fully saturated rings. The fourth-order valence-electron chi connectivity index (χ4n) is 4.35. The van der Waals surface area contributed by atoms with Crippen LogP contribution in [0.15, 0.2) is 41.5 Å². The van der Waals surface area contributed by atoms with E-state index in [1.54, 1.807) is 13.1 Å². The van der Waals surface area contributed by atoms with E-state index in [1.165, 1.54) is 33.4 Å². The molecule has 1 saturated carbocycles. The normalized spacial score (nSPS) is 17.2. The molecule has 170 valence electrons. The van der Waals surface area contributed by atoms with Crippen LogP contribution in [0.2, 0.25) is 0 Å². The van der Waals surface area contributed by atoms with E-state index in [-0.39, 0.29) is 33.5 Å². The predicted octanol–water partition coefficient (Wildman–Crippen LogP) is 3.02. The Bertz CT molecular complexity index is 1490. The van der Waals surface area contributed by atoms with Gasteiger partial charge >= 0.3 is 10.2 Å². The zero-order valence-electron chi connectivity index (χ0n) is 17.7. The second kappa shape index (κ2) is 7.54. The highest BCUT2D eigenvalue weighted by atomic mass is 32.2. The Morgan fingerprint density at radius 3 is 2.76 bits per heavy atom. The first kappa shape index (κ1) is 21.4. The van der Waals surface area contributed by atoms with Crippen LogP contribution in [0.3, 0.4) is 0 Å². The molecule has 3 aromatic rings. The Hall–Kier alpha value is -3.49. The van der Waals surface area contributed by atoms with Gasteiger partial charge in [-0.05, 0) is 56.0 Å². The first-order chi connectivity index (χ1) is 15.7. The van der Waals surface area contributed by atoms with Gasteiger partial charge in [0.2, 0.25) is 0 Å². The van der Waals surface area contributed by atoms with Crippen LogP contribution in [0.4, 0.5) is 10.1 Å². The van der Waals surface area contributed by atoms with Crippen molar-refractivity contribution in [2.24, 2.45) is 7.05 Å². The second-order valence-electron chi connectivity index (χ2n) is 8.36. The highest BCUT2D eigenvalue weighted by molar-refractivity contribution is 7.90. The molecule has 0 bridgehead atoms. The molecule has 0 amide bonds. The summed E-state index contributed by atoms with van der Waals surface area (Å²) in [4.78, 5) is 16.5. The molecule has 0 unspecified atom stereocenters. The summed E-state index contributed by atoms with van der Waals surface area (Å²) in [7, 11) is -2.38. The van der Waals surface area contributed by atoms with Crippen LogP contribution in [-0.4, -0.2) is 34.4 Å². The van der Waals surface area contributed by atoms with Gasteiger partial charge in [0, 0.05) is 19.1 Å². The molecule has 2 aromatic carbocycles. The van der Waals surface area contributed by atoms with Crippen LogP contribution in [0.5, 0.6) is 11.5 Å². The minimum absolute atomic E-state index is 0.0741. The number of halogens is 1. The molecule has 1 aliphatic carbocycles. The molecule has 33 heavy (non-hydrogen) atoms. The smallest absolute Gasteiger partial charge is 0.302 e. The van der Waals surface area contributed by atoms with Gasteiger partial charge in [-0.1, -0.05) is 0 Å². The van der Waals surface area contributed by atoms with Crippen LogP contribution < -0.4 is 15.0 Å². The number of benzene rings is 2. The van der Waals surface area contributed by atoms with Crippen LogP contribution in [0.25, 0.3) is 10.9 Å². The lowest BCUT2D eigenvalue weighted by Crippen LogP contribution is -2.40. The first-order valence-electron chi connectivity index (χ1n) is 10.4. The van der Waals surface area contributed by atoms with E-state index < -0.39 is 21.8 Å². The van der Waals surface area contributed by atoms with Crippen molar-refractivity contribution in [2.75, 3.05) is 11.3 Å². The lowest BCUT2D eigenvalue weighted by Gasteiger charge is -2.24. The largest absolute Gasteiger partial charge is 0.453 e. The molecule has 2 heterocycles. The maximum atomic E-state index is 14.7. The Morgan fingerprint density at radius 2 is 2.03 bits per heavy atom. The Labute approximate surface area is 189 Å². The van der Waals surface area contributed by atoms with E-state index in [2.05, 4.69) is 9.71 Å². The van der Waals surface area contributed by atoms with Crippen molar-refractivity contribution in [3.63, 3.8) is 0 Å². The van der Waals surface area contributed by atoms with Crippen molar-refractivity contribution in [2.45, 2.75) is 31.2 Å². The van der Waals surface area contributed by atoms with Gasteiger partial charge in [0.1, 0.15) is 17.4 Å². The number of fused-ring (bicyclic) bond motifs is 1. The number of rotatable bonds is 5. The van der Waals surface area contributed by atoms with Gasteiger partial charge in [-0.2, -0.15) is 18.0 Å². The summed E-state index contributed by atoms with van der Waals surface area (Å²) in [5, 5.41) is 9.98. The van der Waals surface area contributed by atoms with E-state index in [0.717, 1.165) is 31.7 Å². The Morgan fingerprint density at radius 1 is 1.24 bits per heavy atom. The number of anilines is 1. The van der Waals surface area contributed by atoms with E-state index in [0.29, 0.717) is 12.1 Å². The molecular formula is C22H20FN5O4S. The Kier molecular flexibility index (Phi) is 4.88. The molecule has 2 aliphatic rings. The van der Waals surface area contributed by atoms with Crippen LogP contribution in [0, 0.1) is 17.1 Å². The van der Waals surface area contributed by atoms with Gasteiger partial charge in [-0.15, -0.1) is 0 Å². The molecule has 0 atom stereocenters. The average Bonchev–Trinajstić information content (AvgIpc) is 3.42. The standard InChI is InChI=1S/C22H20FN5O4S/c1-27-13-25-18-5-3-14(11-15(18)21(27)29)32-20-16(12-24)19(6-4-17(20)23)26-33(30,31)28-10-2-7-22(28)8-9-22/h3-6,11,13,26H,2,7-10H2,1H3. The fraction of sp³-hybridized carbons (Fsp3) is 0.318. The zero-order chi connectivity index (χ0) is 23.4. The molecule has 1 saturated heterocycles. The van der Waals surface area contributed by atoms with E-state index in [4.69, 9.17) is 4.74 Å². The summed E-state index contributed by atoms with van der Waals surface area (Å²) in [5.41, 5.74) is -0.569. The monoisotopic (exact) mass is 469 g/mol. The third-order valence-corrected chi connectivity index (χ3v) is 7.85. The second-order valence-corrected chi connectivity index (χ2v) is 9.95. The molecule has 5 rings (SSSR count). The number of aryl methyl sites for hydroxylation is 1. The van der Waals surface area contributed by atoms with Gasteiger partial charge in [0.05, 0.1) is 22.9 Å². The summed E-state index contributed by atoms with van der Waals surface area (Å²) in [5.74, 6) is -1.16. The quantitative estimate of drug-likeness (QED) is 0.614. The molecule has 1 aliphatic heterocycles. The van der Waals surface area contributed by atoms with Crippen molar-refractivity contribution < 1.29 is 17.5 Å². The summed E-state index contributed by atoms with van der Waals surface area (Å²) in [6.07, 6.45) is 4.60. The third kappa shape index (κ3) is 3.61. The minimum atomic E-state index is -3.93. The van der Waals surface area contributed by atoms with Gasteiger partial charge in [-0.3, -0.25) is 9.52 Å². The van der Waals surface area contributed by atoms with Gasteiger partial charge < -0.3 is 9.30 Å². The number of nitrogens with zero attached hydrogens (tertiary/aromatic N) is 4. The van der Waals surface area contributed by atoms with Crippen molar-refractivity contribution >= 4 is 26.8 Å². The summed E-state index contributed by atoms with van der Waals surface area (Å²) >= 11 is 0. The zero-order valence-corrected chi connectivity index (χ0v) is 18.5. The minimum Gasteiger partial charge on any atom is -0.453 e. The van der Waals surface area contributed by atoms with Gasteiger partial charge in [0.25, 0.3) is 5.56 Å². The SMILES string of the molecule is Cn1cnc2ccc(Oc3c(F)ccc(NS(=O)(=O)N4CCCC45CC5)c3C#N)cc2c1=O. The topological polar surface area (TPSA) is 117 Å². The molecule has 1 spiro atoms. The van der Waals surface area contributed by atoms with Crippen molar-refractivity contribution in [1.29, 1.82) is 5.26 Å². The van der Waals surface area contributed by atoms with E-state index in [1.807, 2.05) is 6.07 Å². The predicted molar refractivity (Wildman–Crippen MR) is 119 cm³/mol. The van der Waals surface area contributed by atoms with Gasteiger partial charge in [-0.25, -0.2) is 9.37 Å². The van der Waals surface area contributed by atoms with Crippen LogP contribution >= 0.6 is 0 Å². The maximum absolute atomic E-state index is 14.7. The van der Waals surface area contributed by atoms with Crippen molar-refractivity contribution in [1.82, 2.24) is 13.9 Å². The number of hydrogen-bond acceptors (Lipinski definition) is 6. The molecule has 1 N–H and O–H groups in total. The van der Waals surface area contributed by atoms with Crippen LogP contribution in [0.1, 0.15) is 31.2 Å². The summed E-state index contributed by atoms with van der Waals surface area (Å²) < 4.78 is 51.6. The van der Waals surface area contributed by atoms with E-state index in [9.17, 15) is 22.9 Å². The molecule has 0 radical (unpaired) electrons. The van der Waals surface area contributed by atoms with Gasteiger partial charge in [0.15, 0.2) is 11.6 Å². The van der Waals surface area contributed by atoms with Crippen LogP contribution in [-0.2, 0) is 17.3 Å². The van der Waals surface area contributed by atoms with Crippen molar-refractivity contribution in [3.8, 4) is 17.6 Å². The number of nitrogens with one attached hydrogen (secondary N) is 1. The molecule has 11 heteroatoms. The maximum Gasteiger partial charge on any atom is 0.302 e. The summed E-state index contributed by atoms with van der Waals surface area (Å²) in [6, 6.07) is 8.53. The number of aromatic nitrogens is 2. The lowest BCUT2D eigenvalue weighted by atomic mass is 10.1. The highest BCUT2D eigenvalue weighted by Gasteiger charge is 2.55. The fourth-order valence-corrected chi connectivity index (χ4v) is 6.06. The molecular weight excluding hydrogens is 449 g/mol. The first-order valence-corrected chi connectivity index (χ1v) is 11.8. The highest BCUT2D eigenvalue weighted by Crippen LogP contribution is 2.51. The number of ether oxygens (including phenoxy) is 1. The Balaban J connectivity index is 1.51. The third-order valence-electron chi connectivity index (χ3n) is 6.22. The molecule has 9 nitrogen and oxygen atoms in total. The average molecular weight is 469 g/mol. The lowest BCUT2D eigenvalue weighted by molar-refractivity contribution is 0.374. The van der Waals surface area contributed by atoms with E-state index >= 15 is 0 Å². The molecule has 1 aromatic heterocycles. The number of hydrogen-bond donors (Lipinski definition) is 1.